The third-order valence-corrected chi connectivity index (χ3v) is 7.64. The predicted octanol–water partition coefficient (Wildman–Crippen LogP) is 1.86. The van der Waals surface area contributed by atoms with Crippen molar-refractivity contribution in [3.8, 4) is 0 Å². The molecule has 0 aliphatic heterocycles. The molecule has 3 heteroatoms. The van der Waals surface area contributed by atoms with Gasteiger partial charge in [0.25, 0.3) is 0 Å². The van der Waals surface area contributed by atoms with E-state index in [4.69, 9.17) is 0 Å². The number of aliphatic hydroxyl groups excluding tert-OH is 1. The Morgan fingerprint density at radius 3 is 1.70 bits per heavy atom. The van der Waals surface area contributed by atoms with E-state index in [2.05, 4.69) is 62.4 Å². The van der Waals surface area contributed by atoms with Crippen LogP contribution in [0, 0.1) is 13.8 Å². The van der Waals surface area contributed by atoms with Crippen LogP contribution in [0.4, 0.5) is 0 Å². The Balaban J connectivity index is 1.77. The van der Waals surface area contributed by atoms with Gasteiger partial charge in [-0.15, -0.1) is 0 Å². The van der Waals surface area contributed by atoms with Crippen molar-refractivity contribution < 1.29 is 5.11 Å². The molecule has 2 rings (SSSR count). The summed E-state index contributed by atoms with van der Waals surface area (Å²) in [6.07, 6.45) is -0.156. The fraction of sp³-hybridized carbons (Fsp3) is 0.294. The van der Waals surface area contributed by atoms with Crippen molar-refractivity contribution in [2.24, 2.45) is 0 Å². The monoisotopic (exact) mass is 400 g/mol. The molecule has 2 aromatic carbocycles. The van der Waals surface area contributed by atoms with Gasteiger partial charge in [0.05, 0.1) is 0 Å². The SMILES string of the molecule is Cc1cccc([Se]CC(O)C[Se]c2cccc(C)c2)c1. The van der Waals surface area contributed by atoms with Crippen LogP contribution in [0.2, 0.25) is 10.6 Å². The fourth-order valence-electron chi connectivity index (χ4n) is 1.84. The average molecular weight is 398 g/mol. The standard InChI is InChI=1S/C17H20OSe2/c1-13-5-3-7-16(9-13)19-11-15(18)12-20-17-8-4-6-14(2)10-17/h3-10,15,18H,11-12H2,1-2H3. The third kappa shape index (κ3) is 5.44. The van der Waals surface area contributed by atoms with Gasteiger partial charge >= 0.3 is 134 Å². The van der Waals surface area contributed by atoms with Crippen molar-refractivity contribution in [3.05, 3.63) is 59.7 Å². The van der Waals surface area contributed by atoms with Gasteiger partial charge in [0, 0.05) is 0 Å². The van der Waals surface area contributed by atoms with Gasteiger partial charge in [-0.1, -0.05) is 0 Å². The predicted molar refractivity (Wildman–Crippen MR) is 88.8 cm³/mol. The molecule has 0 aliphatic carbocycles. The third-order valence-electron chi connectivity index (χ3n) is 2.86. The molecule has 20 heavy (non-hydrogen) atoms. The molecule has 0 unspecified atom stereocenters. The number of hydrogen-bond acceptors (Lipinski definition) is 1. The van der Waals surface area contributed by atoms with Crippen LogP contribution in [0.1, 0.15) is 11.1 Å². The zero-order valence-electron chi connectivity index (χ0n) is 11.9. The van der Waals surface area contributed by atoms with Crippen LogP contribution in [0.25, 0.3) is 0 Å². The molecule has 0 aliphatic rings. The molecule has 0 bridgehead atoms. The maximum atomic E-state index is 10.1. The summed E-state index contributed by atoms with van der Waals surface area (Å²) in [4.78, 5) is 0. The van der Waals surface area contributed by atoms with E-state index >= 15 is 0 Å². The van der Waals surface area contributed by atoms with E-state index < -0.39 is 0 Å². The van der Waals surface area contributed by atoms with Gasteiger partial charge < -0.3 is 0 Å². The van der Waals surface area contributed by atoms with E-state index in [0.29, 0.717) is 29.9 Å². The molecule has 0 aromatic heterocycles. The number of benzene rings is 2. The summed E-state index contributed by atoms with van der Waals surface area (Å²) in [6.45, 7) is 4.24. The first-order chi connectivity index (χ1) is 9.63. The van der Waals surface area contributed by atoms with E-state index in [1.54, 1.807) is 0 Å². The minimum absolute atomic E-state index is 0.156. The van der Waals surface area contributed by atoms with Crippen molar-refractivity contribution >= 4 is 38.8 Å². The molecule has 0 spiro atoms. The van der Waals surface area contributed by atoms with E-state index in [9.17, 15) is 5.11 Å². The van der Waals surface area contributed by atoms with Crippen LogP contribution in [-0.4, -0.2) is 41.1 Å². The number of hydrogen-bond donors (Lipinski definition) is 1. The van der Waals surface area contributed by atoms with E-state index in [1.807, 2.05) is 0 Å². The molecule has 106 valence electrons. The van der Waals surface area contributed by atoms with Crippen LogP contribution in [-0.2, 0) is 0 Å². The topological polar surface area (TPSA) is 20.2 Å². The Hall–Kier alpha value is -0.561. The Labute approximate surface area is 134 Å². The molecule has 0 fully saturated rings. The Bertz CT molecular complexity index is 505. The van der Waals surface area contributed by atoms with Crippen molar-refractivity contribution in [1.82, 2.24) is 0 Å². The fourth-order valence-corrected chi connectivity index (χ4v) is 6.57. The Morgan fingerprint density at radius 1 is 0.850 bits per heavy atom. The second-order valence-corrected chi connectivity index (χ2v) is 9.50. The van der Waals surface area contributed by atoms with Crippen molar-refractivity contribution in [3.63, 3.8) is 0 Å². The van der Waals surface area contributed by atoms with E-state index in [0.717, 1.165) is 10.6 Å². The van der Waals surface area contributed by atoms with Crippen molar-refractivity contribution in [2.45, 2.75) is 30.6 Å². The first kappa shape index (κ1) is 15.8. The van der Waals surface area contributed by atoms with Gasteiger partial charge in [0.1, 0.15) is 0 Å². The molecule has 1 N–H and O–H groups in total. The van der Waals surface area contributed by atoms with E-state index in [-0.39, 0.29) is 6.10 Å². The van der Waals surface area contributed by atoms with Crippen molar-refractivity contribution in [1.29, 1.82) is 0 Å². The van der Waals surface area contributed by atoms with Gasteiger partial charge in [0.15, 0.2) is 0 Å². The number of aryl methyl sites for hydroxylation is 2. The zero-order valence-corrected chi connectivity index (χ0v) is 15.3. The molecule has 0 atom stereocenters. The Kier molecular flexibility index (Phi) is 6.35. The first-order valence-corrected chi connectivity index (χ1v) is 10.8. The van der Waals surface area contributed by atoms with Crippen LogP contribution in [0.5, 0.6) is 0 Å². The van der Waals surface area contributed by atoms with Gasteiger partial charge in [-0.3, -0.25) is 0 Å². The van der Waals surface area contributed by atoms with Gasteiger partial charge in [0.2, 0.25) is 0 Å². The number of rotatable bonds is 6. The molecule has 0 saturated heterocycles. The van der Waals surface area contributed by atoms with Crippen LogP contribution in [0.3, 0.4) is 0 Å². The molecule has 1 nitrogen and oxygen atoms in total. The summed E-state index contributed by atoms with van der Waals surface area (Å²) in [5.41, 5.74) is 2.62. The van der Waals surface area contributed by atoms with Crippen LogP contribution in [0.15, 0.2) is 48.5 Å². The Morgan fingerprint density at radius 2 is 1.30 bits per heavy atom. The molecule has 2 aromatic rings. The van der Waals surface area contributed by atoms with Crippen LogP contribution >= 0.6 is 0 Å². The molecular formula is C17H20OSe2. The summed E-state index contributed by atoms with van der Waals surface area (Å²) in [6, 6.07) is 17.3. The van der Waals surface area contributed by atoms with Gasteiger partial charge in [-0.25, -0.2) is 0 Å². The van der Waals surface area contributed by atoms with E-state index in [1.165, 1.54) is 20.1 Å². The summed E-state index contributed by atoms with van der Waals surface area (Å²) >= 11 is 0.766. The molecule has 0 amide bonds. The summed E-state index contributed by atoms with van der Waals surface area (Å²) < 4.78 is 2.78. The molecule has 0 heterocycles. The minimum atomic E-state index is -0.156. The number of aliphatic hydroxyl groups is 1. The van der Waals surface area contributed by atoms with Crippen molar-refractivity contribution in [2.75, 3.05) is 0 Å². The molecule has 0 saturated carbocycles. The summed E-state index contributed by atoms with van der Waals surface area (Å²) in [7, 11) is 0. The average Bonchev–Trinajstić information content (AvgIpc) is 2.43. The molecular weight excluding hydrogens is 378 g/mol. The van der Waals surface area contributed by atoms with Gasteiger partial charge in [-0.05, 0) is 0 Å². The quantitative estimate of drug-likeness (QED) is 0.737. The first-order valence-electron chi connectivity index (χ1n) is 6.70. The maximum absolute atomic E-state index is 10.1. The normalized spacial score (nSPS) is 11.0. The van der Waals surface area contributed by atoms with Crippen LogP contribution < -0.4 is 8.92 Å². The molecule has 0 radical (unpaired) electrons. The summed E-state index contributed by atoms with van der Waals surface area (Å²) in [5, 5.41) is 12.0. The van der Waals surface area contributed by atoms with Gasteiger partial charge in [-0.2, -0.15) is 0 Å². The second-order valence-electron chi connectivity index (χ2n) is 4.91. The zero-order chi connectivity index (χ0) is 14.4. The summed E-state index contributed by atoms with van der Waals surface area (Å²) in [5.74, 6) is 0. The second kappa shape index (κ2) is 8.02.